The molecule has 1 atom stereocenters. The van der Waals surface area contributed by atoms with Crippen molar-refractivity contribution in [2.45, 2.75) is 12.5 Å². The summed E-state index contributed by atoms with van der Waals surface area (Å²) < 4.78 is 0. The van der Waals surface area contributed by atoms with Gasteiger partial charge in [0.15, 0.2) is 0 Å². The van der Waals surface area contributed by atoms with Gasteiger partial charge in [-0.2, -0.15) is 10.2 Å². The second kappa shape index (κ2) is 9.42. The number of fused-ring (bicyclic) bond motifs is 1. The van der Waals surface area contributed by atoms with Crippen LogP contribution in [0.5, 0.6) is 0 Å². The van der Waals surface area contributed by atoms with Crippen LogP contribution in [0.4, 0.5) is 21.9 Å². The molecular weight excluding hydrogens is 454 g/mol. The normalized spacial score (nSPS) is 17.5. The highest BCUT2D eigenvalue weighted by Crippen LogP contribution is 2.33. The van der Waals surface area contributed by atoms with Gasteiger partial charge in [-0.1, -0.05) is 60.7 Å². The Morgan fingerprint density at radius 3 is 2.22 bits per heavy atom. The quantitative estimate of drug-likeness (QED) is 0.277. The maximum absolute atomic E-state index is 13.3. The topological polar surface area (TPSA) is 103 Å². The average Bonchev–Trinajstić information content (AvgIpc) is 3.12. The van der Waals surface area contributed by atoms with Crippen LogP contribution >= 0.6 is 0 Å². The van der Waals surface area contributed by atoms with E-state index in [4.69, 9.17) is 0 Å². The van der Waals surface area contributed by atoms with Gasteiger partial charge in [-0.05, 0) is 59.7 Å². The number of anilines is 1. The standard InChI is InChI=1S/C28H23N5O3/c1-28(24-13-7-9-19-8-5-6-12-23(19)24)26(35)33(27(36)30-28)18-25(34)29-20-14-16-22(17-15-20)32-31-21-10-3-2-4-11-21/h2-17H,18H2,1H3,(H,29,34)(H,30,36). The van der Waals surface area contributed by atoms with Gasteiger partial charge in [0.25, 0.3) is 5.91 Å². The van der Waals surface area contributed by atoms with Crippen molar-refractivity contribution in [2.75, 3.05) is 11.9 Å². The number of hydrogen-bond donors (Lipinski definition) is 2. The van der Waals surface area contributed by atoms with Crippen LogP contribution in [0.15, 0.2) is 107 Å². The number of benzene rings is 4. The summed E-state index contributed by atoms with van der Waals surface area (Å²) in [4.78, 5) is 39.7. The summed E-state index contributed by atoms with van der Waals surface area (Å²) in [6.07, 6.45) is 0. The van der Waals surface area contributed by atoms with Gasteiger partial charge in [0.2, 0.25) is 5.91 Å². The number of hydrogen-bond acceptors (Lipinski definition) is 5. The highest BCUT2D eigenvalue weighted by molar-refractivity contribution is 6.11. The Labute approximate surface area is 207 Å². The summed E-state index contributed by atoms with van der Waals surface area (Å²) in [5.74, 6) is -0.963. The van der Waals surface area contributed by atoms with Gasteiger partial charge in [0, 0.05) is 5.69 Å². The zero-order valence-electron chi connectivity index (χ0n) is 19.5. The van der Waals surface area contributed by atoms with E-state index < -0.39 is 29.9 Å². The van der Waals surface area contributed by atoms with Crippen molar-refractivity contribution < 1.29 is 14.4 Å². The van der Waals surface area contributed by atoms with Crippen molar-refractivity contribution in [3.8, 4) is 0 Å². The Kier molecular flexibility index (Phi) is 6.00. The van der Waals surface area contributed by atoms with E-state index in [1.165, 1.54) is 0 Å². The number of nitrogens with one attached hydrogen (secondary N) is 2. The molecule has 36 heavy (non-hydrogen) atoms. The lowest BCUT2D eigenvalue weighted by molar-refractivity contribution is -0.133. The Hall–Kier alpha value is -4.85. The molecule has 1 aliphatic rings. The fourth-order valence-corrected chi connectivity index (χ4v) is 4.25. The molecule has 1 fully saturated rings. The second-order valence-electron chi connectivity index (χ2n) is 8.60. The molecule has 4 amide bonds. The zero-order valence-corrected chi connectivity index (χ0v) is 19.5. The van der Waals surface area contributed by atoms with Crippen LogP contribution in [0.2, 0.25) is 0 Å². The molecule has 0 aliphatic carbocycles. The third-order valence-electron chi connectivity index (χ3n) is 6.09. The Morgan fingerprint density at radius 2 is 1.47 bits per heavy atom. The molecule has 0 bridgehead atoms. The molecule has 0 aromatic heterocycles. The minimum Gasteiger partial charge on any atom is -0.325 e. The fraction of sp³-hybridized carbons (Fsp3) is 0.107. The van der Waals surface area contributed by atoms with Gasteiger partial charge >= 0.3 is 6.03 Å². The summed E-state index contributed by atoms with van der Waals surface area (Å²) in [5.41, 5.74) is 1.28. The smallest absolute Gasteiger partial charge is 0.325 e. The highest BCUT2D eigenvalue weighted by atomic mass is 16.2. The van der Waals surface area contributed by atoms with Crippen LogP contribution in [-0.4, -0.2) is 29.3 Å². The van der Waals surface area contributed by atoms with Crippen LogP contribution in [0.3, 0.4) is 0 Å². The van der Waals surface area contributed by atoms with Gasteiger partial charge in [-0.15, -0.1) is 0 Å². The summed E-state index contributed by atoms with van der Waals surface area (Å²) in [5, 5.41) is 15.7. The van der Waals surface area contributed by atoms with Crippen LogP contribution in [-0.2, 0) is 15.1 Å². The molecule has 1 unspecified atom stereocenters. The van der Waals surface area contributed by atoms with Crippen molar-refractivity contribution >= 4 is 45.7 Å². The number of azo groups is 1. The zero-order chi connectivity index (χ0) is 25.1. The highest BCUT2D eigenvalue weighted by Gasteiger charge is 2.50. The van der Waals surface area contributed by atoms with E-state index >= 15 is 0 Å². The Bertz CT molecular complexity index is 1480. The maximum atomic E-state index is 13.3. The third kappa shape index (κ3) is 4.44. The summed E-state index contributed by atoms with van der Waals surface area (Å²) in [6, 6.07) is 28.8. The van der Waals surface area contributed by atoms with E-state index in [1.54, 1.807) is 31.2 Å². The van der Waals surface area contributed by atoms with E-state index in [2.05, 4.69) is 20.9 Å². The minimum absolute atomic E-state index is 0.402. The molecule has 4 aromatic rings. The van der Waals surface area contributed by atoms with Crippen molar-refractivity contribution in [1.29, 1.82) is 0 Å². The second-order valence-corrected chi connectivity index (χ2v) is 8.60. The number of rotatable bonds is 6. The van der Waals surface area contributed by atoms with Crippen LogP contribution in [0.25, 0.3) is 10.8 Å². The van der Waals surface area contributed by atoms with Crippen molar-refractivity contribution in [2.24, 2.45) is 10.2 Å². The number of amides is 4. The van der Waals surface area contributed by atoms with Crippen molar-refractivity contribution in [3.05, 3.63) is 103 Å². The molecule has 2 N–H and O–H groups in total. The predicted molar refractivity (Wildman–Crippen MR) is 137 cm³/mol. The lowest BCUT2D eigenvalue weighted by Gasteiger charge is -2.24. The lowest BCUT2D eigenvalue weighted by Crippen LogP contribution is -2.42. The number of nitrogens with zero attached hydrogens (tertiary/aromatic N) is 3. The van der Waals surface area contributed by atoms with Gasteiger partial charge < -0.3 is 10.6 Å². The number of imide groups is 1. The summed E-state index contributed by atoms with van der Waals surface area (Å²) in [7, 11) is 0. The molecule has 1 aliphatic heterocycles. The maximum Gasteiger partial charge on any atom is 0.325 e. The molecule has 0 radical (unpaired) electrons. The first kappa shape index (κ1) is 22.9. The SMILES string of the molecule is CC1(c2cccc3ccccc23)NC(=O)N(CC(=O)Nc2ccc(N=Nc3ccccc3)cc2)C1=O. The van der Waals surface area contributed by atoms with E-state index in [-0.39, 0.29) is 0 Å². The molecule has 4 aromatic carbocycles. The summed E-state index contributed by atoms with van der Waals surface area (Å²) in [6.45, 7) is 1.26. The number of carbonyl (C=O) groups excluding carboxylic acids is 3. The summed E-state index contributed by atoms with van der Waals surface area (Å²) >= 11 is 0. The molecular formula is C28H23N5O3. The van der Waals surface area contributed by atoms with E-state index in [9.17, 15) is 14.4 Å². The molecule has 178 valence electrons. The van der Waals surface area contributed by atoms with E-state index in [0.717, 1.165) is 21.4 Å². The van der Waals surface area contributed by atoms with Crippen LogP contribution in [0.1, 0.15) is 12.5 Å². The molecule has 8 nitrogen and oxygen atoms in total. The molecule has 0 spiro atoms. The van der Waals surface area contributed by atoms with E-state index in [0.29, 0.717) is 16.9 Å². The van der Waals surface area contributed by atoms with Crippen LogP contribution < -0.4 is 10.6 Å². The largest absolute Gasteiger partial charge is 0.325 e. The average molecular weight is 478 g/mol. The number of urea groups is 1. The molecule has 1 saturated heterocycles. The Balaban J connectivity index is 1.26. The molecule has 8 heteroatoms. The van der Waals surface area contributed by atoms with Gasteiger partial charge in [-0.3, -0.25) is 14.5 Å². The fourth-order valence-electron chi connectivity index (χ4n) is 4.25. The monoisotopic (exact) mass is 477 g/mol. The number of carbonyl (C=O) groups is 3. The van der Waals surface area contributed by atoms with Crippen molar-refractivity contribution in [1.82, 2.24) is 10.2 Å². The Morgan fingerprint density at radius 1 is 0.833 bits per heavy atom. The van der Waals surface area contributed by atoms with Crippen molar-refractivity contribution in [3.63, 3.8) is 0 Å². The van der Waals surface area contributed by atoms with Gasteiger partial charge in [0.05, 0.1) is 11.4 Å². The van der Waals surface area contributed by atoms with Crippen LogP contribution in [0, 0.1) is 0 Å². The first-order valence-corrected chi connectivity index (χ1v) is 11.4. The van der Waals surface area contributed by atoms with Gasteiger partial charge in [0.1, 0.15) is 12.1 Å². The lowest BCUT2D eigenvalue weighted by atomic mass is 9.88. The first-order valence-electron chi connectivity index (χ1n) is 11.4. The predicted octanol–water partition coefficient (Wildman–Crippen LogP) is 5.66. The third-order valence-corrected chi connectivity index (χ3v) is 6.09. The minimum atomic E-state index is -1.27. The van der Waals surface area contributed by atoms with E-state index in [1.807, 2.05) is 72.8 Å². The first-order chi connectivity index (χ1) is 17.4. The molecule has 5 rings (SSSR count). The molecule has 0 saturated carbocycles. The van der Waals surface area contributed by atoms with Gasteiger partial charge in [-0.25, -0.2) is 4.79 Å². The molecule has 1 heterocycles.